The van der Waals surface area contributed by atoms with Crippen LogP contribution in [0.1, 0.15) is 19.3 Å². The number of nitrogens with zero attached hydrogens (tertiary/aromatic N) is 3. The van der Waals surface area contributed by atoms with Crippen molar-refractivity contribution in [2.45, 2.75) is 24.9 Å². The maximum Gasteiger partial charge on any atom is 0.160 e. The number of oxime groups is 1. The van der Waals surface area contributed by atoms with Gasteiger partial charge >= 0.3 is 0 Å². The third-order valence-corrected chi connectivity index (χ3v) is 5.94. The molecule has 4 aliphatic heterocycles. The molecular weight excluding hydrogens is 324 g/mol. The van der Waals surface area contributed by atoms with Crippen molar-refractivity contribution < 1.29 is 4.84 Å². The van der Waals surface area contributed by atoms with Crippen molar-refractivity contribution in [1.29, 1.82) is 0 Å². The molecule has 0 amide bonds. The Balaban J connectivity index is 1.37. The lowest BCUT2D eigenvalue weighted by Crippen LogP contribution is -2.59. The number of amidine groups is 1. The van der Waals surface area contributed by atoms with E-state index < -0.39 is 0 Å². The number of halogens is 1. The first-order valence-corrected chi connectivity index (χ1v) is 8.88. The second-order valence-corrected chi connectivity index (χ2v) is 7.48. The average Bonchev–Trinajstić information content (AvgIpc) is 2.99. The summed E-state index contributed by atoms with van der Waals surface area (Å²) >= 11 is 6.29. The van der Waals surface area contributed by atoms with E-state index in [9.17, 15) is 0 Å². The quantitative estimate of drug-likeness (QED) is 0.861. The number of piperidine rings is 3. The molecule has 5 nitrogen and oxygen atoms in total. The van der Waals surface area contributed by atoms with Crippen molar-refractivity contribution in [3.63, 3.8) is 0 Å². The van der Waals surface area contributed by atoms with Gasteiger partial charge in [-0.25, -0.2) is 4.98 Å². The van der Waals surface area contributed by atoms with Crippen LogP contribution in [0.2, 0.25) is 5.02 Å². The Labute approximate surface area is 145 Å². The van der Waals surface area contributed by atoms with Crippen LogP contribution in [0, 0.1) is 5.92 Å². The molecule has 1 N–H and O–H groups in total. The number of nitrogens with one attached hydrogen (secondary N) is 1. The Kier molecular flexibility index (Phi) is 3.22. The molecule has 3 saturated heterocycles. The average molecular weight is 343 g/mol. The van der Waals surface area contributed by atoms with Gasteiger partial charge in [-0.2, -0.15) is 0 Å². The number of hydrogen-bond donors (Lipinski definition) is 1. The van der Waals surface area contributed by atoms with Gasteiger partial charge in [0.2, 0.25) is 0 Å². The maximum atomic E-state index is 6.29. The lowest BCUT2D eigenvalue weighted by Gasteiger charge is -2.49. The summed E-state index contributed by atoms with van der Waals surface area (Å²) < 4.78 is 0. The zero-order valence-corrected chi connectivity index (χ0v) is 14.1. The fraction of sp³-hybridized carbons (Fsp3) is 0.444. The monoisotopic (exact) mass is 342 g/mol. The second kappa shape index (κ2) is 5.33. The SMILES string of the molecule is Clc1cccc2cnc(NC3=NO[C@@]4(C3)CN3CCC4CC3)cc12. The molecule has 2 bridgehead atoms. The van der Waals surface area contributed by atoms with E-state index >= 15 is 0 Å². The highest BCUT2D eigenvalue weighted by Gasteiger charge is 2.52. The zero-order valence-electron chi connectivity index (χ0n) is 13.3. The number of benzene rings is 1. The van der Waals surface area contributed by atoms with E-state index in [4.69, 9.17) is 16.4 Å². The summed E-state index contributed by atoms with van der Waals surface area (Å²) in [5.74, 6) is 2.24. The molecule has 0 saturated carbocycles. The number of fused-ring (bicyclic) bond motifs is 3. The predicted molar refractivity (Wildman–Crippen MR) is 95.4 cm³/mol. The van der Waals surface area contributed by atoms with Gasteiger partial charge in [-0.1, -0.05) is 28.9 Å². The molecule has 5 heterocycles. The van der Waals surface area contributed by atoms with E-state index in [2.05, 4.69) is 20.4 Å². The van der Waals surface area contributed by atoms with Crippen LogP contribution in [0.4, 0.5) is 5.82 Å². The Morgan fingerprint density at radius 2 is 2.17 bits per heavy atom. The third kappa shape index (κ3) is 2.26. The van der Waals surface area contributed by atoms with Crippen molar-refractivity contribution in [1.82, 2.24) is 9.88 Å². The molecule has 0 unspecified atom stereocenters. The molecule has 0 radical (unpaired) electrons. The van der Waals surface area contributed by atoms with Crippen molar-refractivity contribution in [2.75, 3.05) is 25.0 Å². The van der Waals surface area contributed by atoms with Crippen LogP contribution in [0.15, 0.2) is 35.6 Å². The van der Waals surface area contributed by atoms with Gasteiger partial charge in [0.15, 0.2) is 11.4 Å². The van der Waals surface area contributed by atoms with Crippen LogP contribution >= 0.6 is 11.6 Å². The zero-order chi connectivity index (χ0) is 16.1. The molecule has 24 heavy (non-hydrogen) atoms. The van der Waals surface area contributed by atoms with Crippen molar-refractivity contribution in [3.05, 3.63) is 35.5 Å². The van der Waals surface area contributed by atoms with Crippen LogP contribution in [0.3, 0.4) is 0 Å². The topological polar surface area (TPSA) is 49.8 Å². The molecule has 6 heteroatoms. The minimum Gasteiger partial charge on any atom is -0.386 e. The van der Waals surface area contributed by atoms with Gasteiger partial charge in [0, 0.05) is 34.5 Å². The first kappa shape index (κ1) is 14.5. The Bertz CT molecular complexity index is 831. The van der Waals surface area contributed by atoms with E-state index in [0.29, 0.717) is 5.92 Å². The summed E-state index contributed by atoms with van der Waals surface area (Å²) in [6, 6.07) is 7.82. The third-order valence-electron chi connectivity index (χ3n) is 5.61. The Morgan fingerprint density at radius 3 is 2.96 bits per heavy atom. The predicted octanol–water partition coefficient (Wildman–Crippen LogP) is 3.50. The van der Waals surface area contributed by atoms with Crippen molar-refractivity contribution in [2.24, 2.45) is 11.1 Å². The van der Waals surface area contributed by atoms with Gasteiger partial charge in [0.1, 0.15) is 5.82 Å². The Morgan fingerprint density at radius 1 is 1.29 bits per heavy atom. The van der Waals surface area contributed by atoms with Gasteiger partial charge in [-0.05, 0) is 38.1 Å². The molecule has 1 atom stereocenters. The smallest absolute Gasteiger partial charge is 0.160 e. The van der Waals surface area contributed by atoms with Crippen LogP contribution in [0.25, 0.3) is 10.8 Å². The molecule has 1 aromatic heterocycles. The largest absolute Gasteiger partial charge is 0.386 e. The summed E-state index contributed by atoms with van der Waals surface area (Å²) in [5, 5.41) is 10.4. The summed E-state index contributed by atoms with van der Waals surface area (Å²) in [6.45, 7) is 3.38. The highest BCUT2D eigenvalue weighted by Crippen LogP contribution is 2.43. The lowest BCUT2D eigenvalue weighted by molar-refractivity contribution is -0.136. The van der Waals surface area contributed by atoms with Crippen molar-refractivity contribution in [3.8, 4) is 0 Å². The van der Waals surface area contributed by atoms with E-state index in [-0.39, 0.29) is 5.60 Å². The van der Waals surface area contributed by atoms with Crippen LogP contribution in [-0.4, -0.2) is 41.0 Å². The molecule has 4 aliphatic rings. The van der Waals surface area contributed by atoms with Crippen LogP contribution < -0.4 is 5.32 Å². The molecule has 6 rings (SSSR count). The number of aromatic nitrogens is 1. The van der Waals surface area contributed by atoms with Gasteiger partial charge in [-0.15, -0.1) is 0 Å². The minimum absolute atomic E-state index is 0.132. The van der Waals surface area contributed by atoms with Gasteiger partial charge in [-0.3, -0.25) is 4.90 Å². The van der Waals surface area contributed by atoms with Gasteiger partial charge in [0.05, 0.1) is 6.42 Å². The van der Waals surface area contributed by atoms with E-state index in [1.807, 2.05) is 30.5 Å². The Hall–Kier alpha value is -1.85. The van der Waals surface area contributed by atoms with Crippen molar-refractivity contribution >= 4 is 34.0 Å². The van der Waals surface area contributed by atoms with E-state index in [1.54, 1.807) is 0 Å². The highest BCUT2D eigenvalue weighted by molar-refractivity contribution is 6.35. The molecule has 2 aromatic rings. The maximum absolute atomic E-state index is 6.29. The van der Waals surface area contributed by atoms with Crippen LogP contribution in [-0.2, 0) is 4.84 Å². The lowest BCUT2D eigenvalue weighted by atomic mass is 9.73. The number of rotatable bonds is 1. The summed E-state index contributed by atoms with van der Waals surface area (Å²) in [6.07, 6.45) is 5.10. The number of hydrogen-bond acceptors (Lipinski definition) is 5. The number of pyridine rings is 1. The fourth-order valence-electron chi connectivity index (χ4n) is 4.34. The van der Waals surface area contributed by atoms with Gasteiger partial charge in [0.25, 0.3) is 0 Å². The summed E-state index contributed by atoms with van der Waals surface area (Å²) in [7, 11) is 0. The molecule has 3 fully saturated rings. The summed E-state index contributed by atoms with van der Waals surface area (Å²) in [5.41, 5.74) is -0.132. The fourth-order valence-corrected chi connectivity index (χ4v) is 4.57. The standard InChI is InChI=1S/C18H19ClN4O/c19-15-3-1-2-12-10-20-16(8-14(12)15)21-17-9-18(24-22-17)11-23-6-4-13(18)5-7-23/h1-3,8,10,13H,4-7,9,11H2,(H,20,21,22)/t18-/m0/s1. The highest BCUT2D eigenvalue weighted by atomic mass is 35.5. The minimum atomic E-state index is -0.132. The summed E-state index contributed by atoms with van der Waals surface area (Å²) in [4.78, 5) is 12.9. The molecule has 0 aliphatic carbocycles. The normalized spacial score (nSPS) is 31.3. The molecule has 1 spiro atoms. The molecule has 1 aromatic carbocycles. The first-order valence-electron chi connectivity index (χ1n) is 8.51. The van der Waals surface area contributed by atoms with Crippen LogP contribution in [0.5, 0.6) is 0 Å². The first-order chi connectivity index (χ1) is 11.7. The second-order valence-electron chi connectivity index (χ2n) is 7.08. The van der Waals surface area contributed by atoms with E-state index in [0.717, 1.165) is 40.4 Å². The molecular formula is C18H19ClN4O. The van der Waals surface area contributed by atoms with Gasteiger partial charge < -0.3 is 10.2 Å². The molecule has 124 valence electrons. The number of anilines is 1. The van der Waals surface area contributed by atoms with E-state index in [1.165, 1.54) is 25.9 Å².